The van der Waals surface area contributed by atoms with Gasteiger partial charge in [-0.3, -0.25) is 4.79 Å². The summed E-state index contributed by atoms with van der Waals surface area (Å²) in [4.78, 5) is 16.8. The molecular weight excluding hydrogens is 314 g/mol. The highest BCUT2D eigenvalue weighted by atomic mass is 32.1. The fourth-order valence-electron chi connectivity index (χ4n) is 4.08. The Morgan fingerprint density at radius 1 is 1.04 bits per heavy atom. The van der Waals surface area contributed by atoms with Crippen LogP contribution < -0.4 is 0 Å². The smallest absolute Gasteiger partial charge is 0.264 e. The van der Waals surface area contributed by atoms with E-state index in [0.717, 1.165) is 42.3 Å². The first-order valence-corrected chi connectivity index (χ1v) is 10.0. The van der Waals surface area contributed by atoms with Gasteiger partial charge in [0.05, 0.1) is 4.88 Å². The fraction of sp³-hybridized carbons (Fsp3) is 0.476. The van der Waals surface area contributed by atoms with E-state index in [4.69, 9.17) is 0 Å². The maximum atomic E-state index is 12.7. The molecule has 2 nitrogen and oxygen atoms in total. The first-order valence-electron chi connectivity index (χ1n) is 9.22. The van der Waals surface area contributed by atoms with Crippen molar-refractivity contribution in [2.45, 2.75) is 51.4 Å². The highest BCUT2D eigenvalue weighted by Crippen LogP contribution is 2.37. The third-order valence-corrected chi connectivity index (χ3v) is 6.80. The van der Waals surface area contributed by atoms with Crippen molar-refractivity contribution in [3.05, 3.63) is 46.3 Å². The number of hydrogen-bond donors (Lipinski definition) is 0. The fourth-order valence-corrected chi connectivity index (χ4v) is 5.23. The molecule has 1 aliphatic heterocycles. The van der Waals surface area contributed by atoms with E-state index in [1.807, 2.05) is 4.90 Å². The molecule has 2 heterocycles. The molecule has 1 saturated heterocycles. The van der Waals surface area contributed by atoms with Gasteiger partial charge in [0.25, 0.3) is 5.91 Å². The van der Waals surface area contributed by atoms with Gasteiger partial charge in [-0.25, -0.2) is 0 Å². The zero-order chi connectivity index (χ0) is 16.5. The standard InChI is InChI=1S/C21H25NOS/c1-15-14-19(24-20(15)21(23)22-12-4-5-13-22)18-10-8-17(9-11-18)16-6-2-3-7-16/h8-11,14,16H,2-7,12-13H2,1H3. The average Bonchev–Trinajstić information content (AvgIpc) is 3.36. The number of thiophene rings is 1. The highest BCUT2D eigenvalue weighted by Gasteiger charge is 2.23. The van der Waals surface area contributed by atoms with E-state index in [2.05, 4.69) is 37.3 Å². The first kappa shape index (κ1) is 15.9. The molecule has 0 spiro atoms. The molecule has 0 radical (unpaired) electrons. The lowest BCUT2D eigenvalue weighted by molar-refractivity contribution is 0.0797. The molecule has 1 aromatic heterocycles. The zero-order valence-corrected chi connectivity index (χ0v) is 15.2. The lowest BCUT2D eigenvalue weighted by atomic mass is 9.96. The number of carbonyl (C=O) groups is 1. The first-order chi connectivity index (χ1) is 11.7. The Morgan fingerprint density at radius 3 is 2.38 bits per heavy atom. The maximum Gasteiger partial charge on any atom is 0.264 e. The van der Waals surface area contributed by atoms with Gasteiger partial charge in [0.15, 0.2) is 0 Å². The van der Waals surface area contributed by atoms with Crippen LogP contribution in [0.2, 0.25) is 0 Å². The summed E-state index contributed by atoms with van der Waals surface area (Å²) in [5.74, 6) is 0.986. The number of benzene rings is 1. The summed E-state index contributed by atoms with van der Waals surface area (Å²) < 4.78 is 0. The molecule has 2 fully saturated rings. The molecule has 126 valence electrons. The molecule has 0 unspecified atom stereocenters. The SMILES string of the molecule is Cc1cc(-c2ccc(C3CCCC3)cc2)sc1C(=O)N1CCCC1. The van der Waals surface area contributed by atoms with Crippen molar-refractivity contribution in [1.82, 2.24) is 4.90 Å². The van der Waals surface area contributed by atoms with Crippen LogP contribution in [0.3, 0.4) is 0 Å². The van der Waals surface area contributed by atoms with Crippen molar-refractivity contribution in [2.24, 2.45) is 0 Å². The number of aryl methyl sites for hydroxylation is 1. The molecule has 1 aliphatic carbocycles. The van der Waals surface area contributed by atoms with Crippen LogP contribution in [-0.4, -0.2) is 23.9 Å². The number of rotatable bonds is 3. The number of amides is 1. The van der Waals surface area contributed by atoms with Gasteiger partial charge in [0.2, 0.25) is 0 Å². The van der Waals surface area contributed by atoms with Gasteiger partial charge < -0.3 is 4.90 Å². The normalized spacial score (nSPS) is 18.5. The lowest BCUT2D eigenvalue weighted by Crippen LogP contribution is -2.27. The Kier molecular flexibility index (Phi) is 4.45. The van der Waals surface area contributed by atoms with E-state index in [9.17, 15) is 4.79 Å². The van der Waals surface area contributed by atoms with Gasteiger partial charge in [-0.2, -0.15) is 0 Å². The van der Waals surface area contributed by atoms with Crippen LogP contribution in [0.15, 0.2) is 30.3 Å². The molecule has 24 heavy (non-hydrogen) atoms. The van der Waals surface area contributed by atoms with E-state index in [0.29, 0.717) is 0 Å². The predicted octanol–water partition coefficient (Wildman–Crippen LogP) is 5.62. The third kappa shape index (κ3) is 3.02. The van der Waals surface area contributed by atoms with Gasteiger partial charge in [0, 0.05) is 18.0 Å². The Bertz CT molecular complexity index is 719. The van der Waals surface area contributed by atoms with Crippen LogP contribution in [0.5, 0.6) is 0 Å². The van der Waals surface area contributed by atoms with Crippen LogP contribution in [0.4, 0.5) is 0 Å². The van der Waals surface area contributed by atoms with E-state index in [1.54, 1.807) is 11.3 Å². The van der Waals surface area contributed by atoms with Crippen molar-refractivity contribution in [3.8, 4) is 10.4 Å². The molecular formula is C21H25NOS. The molecule has 1 aromatic carbocycles. The zero-order valence-electron chi connectivity index (χ0n) is 14.4. The van der Waals surface area contributed by atoms with E-state index < -0.39 is 0 Å². The number of nitrogens with zero attached hydrogens (tertiary/aromatic N) is 1. The second kappa shape index (κ2) is 6.72. The molecule has 0 N–H and O–H groups in total. The Labute approximate surface area is 148 Å². The minimum Gasteiger partial charge on any atom is -0.338 e. The van der Waals surface area contributed by atoms with E-state index >= 15 is 0 Å². The second-order valence-corrected chi connectivity index (χ2v) is 8.28. The molecule has 0 atom stereocenters. The van der Waals surface area contributed by atoms with Gasteiger partial charge in [-0.05, 0) is 61.3 Å². The van der Waals surface area contributed by atoms with Crippen LogP contribution in [0.25, 0.3) is 10.4 Å². The van der Waals surface area contributed by atoms with Gasteiger partial charge in [0.1, 0.15) is 0 Å². The highest BCUT2D eigenvalue weighted by molar-refractivity contribution is 7.17. The summed E-state index contributed by atoms with van der Waals surface area (Å²) in [5, 5.41) is 0. The third-order valence-electron chi connectivity index (χ3n) is 5.53. The summed E-state index contributed by atoms with van der Waals surface area (Å²) in [5.41, 5.74) is 3.84. The molecule has 1 amide bonds. The monoisotopic (exact) mass is 339 g/mol. The molecule has 2 aliphatic rings. The minimum absolute atomic E-state index is 0.226. The topological polar surface area (TPSA) is 20.3 Å². The Balaban J connectivity index is 1.56. The number of hydrogen-bond acceptors (Lipinski definition) is 2. The Hall–Kier alpha value is -1.61. The summed E-state index contributed by atoms with van der Waals surface area (Å²) in [7, 11) is 0. The van der Waals surface area contributed by atoms with Gasteiger partial charge in [-0.1, -0.05) is 37.1 Å². The van der Waals surface area contributed by atoms with Crippen LogP contribution >= 0.6 is 11.3 Å². The largest absolute Gasteiger partial charge is 0.338 e. The molecule has 0 bridgehead atoms. The van der Waals surface area contributed by atoms with Crippen LogP contribution in [-0.2, 0) is 0 Å². The molecule has 1 saturated carbocycles. The summed E-state index contributed by atoms with van der Waals surface area (Å²) in [6.07, 6.45) is 7.71. The van der Waals surface area contributed by atoms with Crippen molar-refractivity contribution < 1.29 is 4.79 Å². The van der Waals surface area contributed by atoms with E-state index in [-0.39, 0.29) is 5.91 Å². The summed E-state index contributed by atoms with van der Waals surface area (Å²) in [6, 6.07) is 11.2. The summed E-state index contributed by atoms with van der Waals surface area (Å²) in [6.45, 7) is 3.90. The minimum atomic E-state index is 0.226. The molecule has 4 rings (SSSR count). The van der Waals surface area contributed by atoms with Crippen LogP contribution in [0, 0.1) is 6.92 Å². The van der Waals surface area contributed by atoms with Gasteiger partial charge >= 0.3 is 0 Å². The quantitative estimate of drug-likeness (QED) is 0.711. The van der Waals surface area contributed by atoms with E-state index in [1.165, 1.54) is 41.7 Å². The molecule has 3 heteroatoms. The van der Waals surface area contributed by atoms with Crippen LogP contribution in [0.1, 0.15) is 65.2 Å². The van der Waals surface area contributed by atoms with Crippen molar-refractivity contribution in [3.63, 3.8) is 0 Å². The van der Waals surface area contributed by atoms with Crippen molar-refractivity contribution in [2.75, 3.05) is 13.1 Å². The summed E-state index contributed by atoms with van der Waals surface area (Å²) >= 11 is 1.65. The van der Waals surface area contributed by atoms with Crippen molar-refractivity contribution >= 4 is 17.2 Å². The number of likely N-dealkylation sites (tertiary alicyclic amines) is 1. The average molecular weight is 340 g/mol. The second-order valence-electron chi connectivity index (χ2n) is 7.23. The lowest BCUT2D eigenvalue weighted by Gasteiger charge is -2.14. The number of carbonyl (C=O) groups excluding carboxylic acids is 1. The Morgan fingerprint density at radius 2 is 1.71 bits per heavy atom. The maximum absolute atomic E-state index is 12.7. The van der Waals surface area contributed by atoms with Gasteiger partial charge in [-0.15, -0.1) is 11.3 Å². The van der Waals surface area contributed by atoms with Crippen molar-refractivity contribution in [1.29, 1.82) is 0 Å². The molecule has 2 aromatic rings. The predicted molar refractivity (Wildman–Crippen MR) is 101 cm³/mol.